The smallest absolute Gasteiger partial charge is 0.166 e. The van der Waals surface area contributed by atoms with Crippen molar-refractivity contribution in [1.29, 1.82) is 5.26 Å². The summed E-state index contributed by atoms with van der Waals surface area (Å²) in [5.74, 6) is 0.652. The molecule has 2 rings (SSSR count). The molecule has 1 aliphatic carbocycles. The number of nitrogens with zero attached hydrogens (tertiary/aromatic N) is 3. The Bertz CT molecular complexity index is 483. The molecule has 1 N–H and O–H groups in total. The molecule has 1 aromatic heterocycles. The summed E-state index contributed by atoms with van der Waals surface area (Å²) in [4.78, 5) is 0. The minimum Gasteiger partial charge on any atom is -0.367 e. The van der Waals surface area contributed by atoms with Crippen molar-refractivity contribution in [1.82, 2.24) is 10.2 Å². The van der Waals surface area contributed by atoms with Crippen molar-refractivity contribution < 1.29 is 0 Å². The predicted octanol–water partition coefficient (Wildman–Crippen LogP) is 2.69. The van der Waals surface area contributed by atoms with Crippen LogP contribution in [0.3, 0.4) is 0 Å². The van der Waals surface area contributed by atoms with Crippen LogP contribution in [0.2, 0.25) is 0 Å². The third-order valence-electron chi connectivity index (χ3n) is 3.74. The first kappa shape index (κ1) is 12.8. The van der Waals surface area contributed by atoms with E-state index < -0.39 is 0 Å². The molecule has 0 bridgehead atoms. The Hall–Kier alpha value is -1.63. The normalized spacial score (nSPS) is 16.1. The highest BCUT2D eigenvalue weighted by molar-refractivity contribution is 5.56. The van der Waals surface area contributed by atoms with Crippen molar-refractivity contribution in [2.75, 3.05) is 11.9 Å². The second kappa shape index (κ2) is 4.93. The summed E-state index contributed by atoms with van der Waals surface area (Å²) in [5, 5.41) is 21.0. The van der Waals surface area contributed by atoms with Gasteiger partial charge in [-0.3, -0.25) is 0 Å². The number of hydrogen-bond donors (Lipinski definition) is 1. The summed E-state index contributed by atoms with van der Waals surface area (Å²) in [6.07, 6.45) is 4.16. The molecule has 0 radical (unpaired) electrons. The molecule has 0 atom stereocenters. The largest absolute Gasteiger partial charge is 0.367 e. The molecule has 0 unspecified atom stereocenters. The summed E-state index contributed by atoms with van der Waals surface area (Å²) in [7, 11) is 0. The molecule has 0 spiro atoms. The number of nitriles is 1. The third kappa shape index (κ3) is 2.45. The monoisotopic (exact) mass is 244 g/mol. The van der Waals surface area contributed by atoms with Crippen molar-refractivity contribution >= 4 is 5.82 Å². The average molecular weight is 244 g/mol. The number of hydrogen-bond acceptors (Lipinski definition) is 4. The van der Waals surface area contributed by atoms with Crippen LogP contribution in [0, 0.1) is 16.7 Å². The Morgan fingerprint density at radius 3 is 2.50 bits per heavy atom. The molecule has 1 fully saturated rings. The minimum absolute atomic E-state index is 0.393. The standard InChI is InChI=1S/C14H20N4/c1-4-10-11(8-15)13(18-17-12(10)5-2)16-9-14(3)6-7-14/h4-7,9H2,1-3H3,(H,16,18). The van der Waals surface area contributed by atoms with Crippen molar-refractivity contribution in [2.24, 2.45) is 5.41 Å². The average Bonchev–Trinajstić information content (AvgIpc) is 3.13. The molecule has 1 saturated carbocycles. The molecular weight excluding hydrogens is 224 g/mol. The van der Waals surface area contributed by atoms with E-state index in [1.165, 1.54) is 12.8 Å². The van der Waals surface area contributed by atoms with Crippen LogP contribution in [-0.2, 0) is 12.8 Å². The summed E-state index contributed by atoms with van der Waals surface area (Å²) >= 11 is 0. The van der Waals surface area contributed by atoms with Crippen molar-refractivity contribution in [3.8, 4) is 6.07 Å². The van der Waals surface area contributed by atoms with Gasteiger partial charge in [0, 0.05) is 6.54 Å². The van der Waals surface area contributed by atoms with Crippen molar-refractivity contribution in [2.45, 2.75) is 46.5 Å². The zero-order valence-corrected chi connectivity index (χ0v) is 11.4. The van der Waals surface area contributed by atoms with Crippen molar-refractivity contribution in [3.05, 3.63) is 16.8 Å². The first-order chi connectivity index (χ1) is 8.63. The maximum absolute atomic E-state index is 9.34. The van der Waals surface area contributed by atoms with E-state index in [9.17, 15) is 5.26 Å². The van der Waals surface area contributed by atoms with Crippen LogP contribution in [-0.4, -0.2) is 16.7 Å². The van der Waals surface area contributed by atoms with Crippen LogP contribution in [0.15, 0.2) is 0 Å². The molecule has 4 nitrogen and oxygen atoms in total. The number of aromatic nitrogens is 2. The van der Waals surface area contributed by atoms with E-state index in [1.807, 2.05) is 6.92 Å². The van der Waals surface area contributed by atoms with Gasteiger partial charge in [-0.1, -0.05) is 20.8 Å². The van der Waals surface area contributed by atoms with Gasteiger partial charge in [-0.25, -0.2) is 0 Å². The summed E-state index contributed by atoms with van der Waals surface area (Å²) < 4.78 is 0. The van der Waals surface area contributed by atoms with Gasteiger partial charge in [0.05, 0.1) is 5.69 Å². The SMILES string of the molecule is CCc1nnc(NCC2(C)CC2)c(C#N)c1CC. The van der Waals surface area contributed by atoms with Crippen LogP contribution < -0.4 is 5.32 Å². The van der Waals surface area contributed by atoms with Gasteiger partial charge in [0.25, 0.3) is 0 Å². The van der Waals surface area contributed by atoms with E-state index in [0.717, 1.165) is 30.6 Å². The van der Waals surface area contributed by atoms with Gasteiger partial charge in [-0.2, -0.15) is 10.4 Å². The third-order valence-corrected chi connectivity index (χ3v) is 3.74. The zero-order chi connectivity index (χ0) is 13.2. The van der Waals surface area contributed by atoms with Gasteiger partial charge < -0.3 is 5.32 Å². The van der Waals surface area contributed by atoms with Crippen LogP contribution in [0.1, 0.15) is 50.4 Å². The van der Waals surface area contributed by atoms with Gasteiger partial charge >= 0.3 is 0 Å². The Morgan fingerprint density at radius 1 is 1.28 bits per heavy atom. The molecule has 0 amide bonds. The highest BCUT2D eigenvalue weighted by Crippen LogP contribution is 2.44. The lowest BCUT2D eigenvalue weighted by atomic mass is 10.0. The quantitative estimate of drug-likeness (QED) is 0.865. The van der Waals surface area contributed by atoms with E-state index in [4.69, 9.17) is 0 Å². The van der Waals surface area contributed by atoms with Crippen LogP contribution in [0.5, 0.6) is 0 Å². The van der Waals surface area contributed by atoms with Crippen LogP contribution >= 0.6 is 0 Å². The fourth-order valence-corrected chi connectivity index (χ4v) is 2.10. The second-order valence-corrected chi connectivity index (χ2v) is 5.33. The summed E-state index contributed by atoms with van der Waals surface area (Å²) in [6.45, 7) is 7.23. The van der Waals surface area contributed by atoms with Gasteiger partial charge in [0.1, 0.15) is 11.6 Å². The number of anilines is 1. The Balaban J connectivity index is 2.27. The molecule has 1 heterocycles. The van der Waals surface area contributed by atoms with Crippen LogP contribution in [0.4, 0.5) is 5.82 Å². The predicted molar refractivity (Wildman–Crippen MR) is 71.3 cm³/mol. The van der Waals surface area contributed by atoms with Crippen LogP contribution in [0.25, 0.3) is 0 Å². The molecule has 4 heteroatoms. The fraction of sp³-hybridized carbons (Fsp3) is 0.643. The first-order valence-corrected chi connectivity index (χ1v) is 6.66. The molecular formula is C14H20N4. The number of nitrogens with one attached hydrogen (secondary N) is 1. The topological polar surface area (TPSA) is 61.6 Å². The van der Waals surface area contributed by atoms with Crippen molar-refractivity contribution in [3.63, 3.8) is 0 Å². The number of rotatable bonds is 5. The molecule has 96 valence electrons. The Labute approximate surface area is 108 Å². The lowest BCUT2D eigenvalue weighted by molar-refractivity contribution is 0.608. The Morgan fingerprint density at radius 2 is 2.00 bits per heavy atom. The first-order valence-electron chi connectivity index (χ1n) is 6.66. The maximum atomic E-state index is 9.34. The van der Waals surface area contributed by atoms with Gasteiger partial charge in [-0.15, -0.1) is 5.10 Å². The van der Waals surface area contributed by atoms with E-state index in [1.54, 1.807) is 0 Å². The Kier molecular flexibility index (Phi) is 3.51. The lowest BCUT2D eigenvalue weighted by Gasteiger charge is -2.14. The zero-order valence-electron chi connectivity index (χ0n) is 11.4. The molecule has 18 heavy (non-hydrogen) atoms. The molecule has 1 aromatic rings. The highest BCUT2D eigenvalue weighted by atomic mass is 15.2. The van der Waals surface area contributed by atoms with E-state index in [0.29, 0.717) is 16.8 Å². The second-order valence-electron chi connectivity index (χ2n) is 5.33. The molecule has 0 aromatic carbocycles. The van der Waals surface area contributed by atoms with Gasteiger partial charge in [-0.05, 0) is 36.7 Å². The van der Waals surface area contributed by atoms with E-state index >= 15 is 0 Å². The summed E-state index contributed by atoms with van der Waals surface area (Å²) in [5.41, 5.74) is 3.05. The maximum Gasteiger partial charge on any atom is 0.166 e. The fourth-order valence-electron chi connectivity index (χ4n) is 2.10. The van der Waals surface area contributed by atoms with Gasteiger partial charge in [0.2, 0.25) is 0 Å². The molecule has 1 aliphatic rings. The minimum atomic E-state index is 0.393. The molecule has 0 aliphatic heterocycles. The molecule has 0 saturated heterocycles. The highest BCUT2D eigenvalue weighted by Gasteiger charge is 2.37. The van der Waals surface area contributed by atoms with E-state index in [-0.39, 0.29) is 0 Å². The van der Waals surface area contributed by atoms with Gasteiger partial charge in [0.15, 0.2) is 5.82 Å². The van der Waals surface area contributed by atoms with E-state index in [2.05, 4.69) is 35.4 Å². The summed E-state index contributed by atoms with van der Waals surface area (Å²) in [6, 6.07) is 2.28. The lowest BCUT2D eigenvalue weighted by Crippen LogP contribution is -2.16. The number of aryl methyl sites for hydroxylation is 1.